The van der Waals surface area contributed by atoms with Crippen molar-refractivity contribution in [1.82, 2.24) is 0 Å². The summed E-state index contributed by atoms with van der Waals surface area (Å²) in [6.45, 7) is 3.47. The summed E-state index contributed by atoms with van der Waals surface area (Å²) in [5.41, 5.74) is 5.34. The lowest BCUT2D eigenvalue weighted by Crippen LogP contribution is -2.29. The molecule has 0 saturated heterocycles. The SMILES string of the molecule is CC/C=C/C/C=C/C/C=C/C/C=C/C/C=C/CCCC(=O)OC[C@H](COP(=O)(O)OCCN)OC(=O)CCCCCC/C=C/C/C=C/C/C=C/CCCCC. The number of hydrogen-bond acceptors (Lipinski definition) is 8. The number of nitrogens with two attached hydrogens (primary N) is 1. The summed E-state index contributed by atoms with van der Waals surface area (Å²) < 4.78 is 32.7. The summed E-state index contributed by atoms with van der Waals surface area (Å²) in [6.07, 6.45) is 51.5. The lowest BCUT2D eigenvalue weighted by molar-refractivity contribution is -0.161. The molecule has 0 bridgehead atoms. The van der Waals surface area contributed by atoms with Crippen molar-refractivity contribution in [2.75, 3.05) is 26.4 Å². The van der Waals surface area contributed by atoms with E-state index >= 15 is 0 Å². The second-order valence-electron chi connectivity index (χ2n) is 13.1. The number of phosphoric ester groups is 1. The molecule has 0 aliphatic rings. The Morgan fingerprint density at radius 3 is 1.53 bits per heavy atom. The molecule has 0 aromatic carbocycles. The summed E-state index contributed by atoms with van der Waals surface area (Å²) in [5.74, 6) is -0.934. The van der Waals surface area contributed by atoms with Gasteiger partial charge in [0.15, 0.2) is 6.10 Å². The van der Waals surface area contributed by atoms with E-state index in [1.165, 1.54) is 25.7 Å². The number of phosphoric acid groups is 1. The van der Waals surface area contributed by atoms with Crippen LogP contribution in [0.15, 0.2) is 97.2 Å². The molecule has 2 atom stereocenters. The molecule has 0 aliphatic heterocycles. The third-order valence-electron chi connectivity index (χ3n) is 7.95. The number of unbranched alkanes of at least 4 members (excludes halogenated alkanes) is 8. The Balaban J connectivity index is 4.35. The second kappa shape index (κ2) is 40.6. The molecule has 0 aromatic rings. The zero-order valence-corrected chi connectivity index (χ0v) is 35.0. The van der Waals surface area contributed by atoms with Gasteiger partial charge in [-0.3, -0.25) is 18.6 Å². The van der Waals surface area contributed by atoms with Gasteiger partial charge in [0.2, 0.25) is 0 Å². The monoisotopic (exact) mass is 788 g/mol. The molecule has 9 nitrogen and oxygen atoms in total. The highest BCUT2D eigenvalue weighted by Gasteiger charge is 2.25. The van der Waals surface area contributed by atoms with Crippen LogP contribution in [-0.2, 0) is 32.7 Å². The van der Waals surface area contributed by atoms with Crippen molar-refractivity contribution in [2.45, 2.75) is 148 Å². The Hall–Kier alpha value is -3.07. The summed E-state index contributed by atoms with van der Waals surface area (Å²) in [4.78, 5) is 34.8. The fourth-order valence-electron chi connectivity index (χ4n) is 4.91. The average Bonchev–Trinajstić information content (AvgIpc) is 3.17. The highest BCUT2D eigenvalue weighted by atomic mass is 31.2. The van der Waals surface area contributed by atoms with Crippen LogP contribution in [0.1, 0.15) is 142 Å². The number of esters is 2. The van der Waals surface area contributed by atoms with Gasteiger partial charge in [-0.2, -0.15) is 0 Å². The van der Waals surface area contributed by atoms with E-state index in [0.717, 1.165) is 77.0 Å². The summed E-state index contributed by atoms with van der Waals surface area (Å²) in [7, 11) is -4.40. The summed E-state index contributed by atoms with van der Waals surface area (Å²) >= 11 is 0. The summed E-state index contributed by atoms with van der Waals surface area (Å²) in [5, 5.41) is 0. The van der Waals surface area contributed by atoms with Crippen LogP contribution in [0, 0.1) is 0 Å². The maximum absolute atomic E-state index is 12.6. The molecule has 0 saturated carbocycles. The maximum atomic E-state index is 12.6. The van der Waals surface area contributed by atoms with Gasteiger partial charge in [-0.15, -0.1) is 0 Å². The second-order valence-corrected chi connectivity index (χ2v) is 14.6. The molecule has 55 heavy (non-hydrogen) atoms. The highest BCUT2D eigenvalue weighted by Crippen LogP contribution is 2.43. The van der Waals surface area contributed by atoms with Crippen LogP contribution >= 0.6 is 7.82 Å². The van der Waals surface area contributed by atoms with E-state index in [4.69, 9.17) is 24.3 Å². The van der Waals surface area contributed by atoms with E-state index in [2.05, 4.69) is 105 Å². The van der Waals surface area contributed by atoms with Crippen LogP contribution < -0.4 is 5.73 Å². The molecule has 0 radical (unpaired) electrons. The number of carbonyl (C=O) groups excluding carboxylic acids is 2. The van der Waals surface area contributed by atoms with Crippen LogP contribution in [0.2, 0.25) is 0 Å². The molecule has 1 unspecified atom stereocenters. The van der Waals surface area contributed by atoms with Crippen molar-refractivity contribution < 1.29 is 37.6 Å². The molecule has 0 amide bonds. The van der Waals surface area contributed by atoms with Crippen molar-refractivity contribution in [2.24, 2.45) is 5.73 Å². The molecule has 0 rings (SSSR count). The average molecular weight is 788 g/mol. The van der Waals surface area contributed by atoms with E-state index in [0.29, 0.717) is 12.8 Å². The third-order valence-corrected chi connectivity index (χ3v) is 8.94. The van der Waals surface area contributed by atoms with Crippen molar-refractivity contribution in [1.29, 1.82) is 0 Å². The van der Waals surface area contributed by atoms with Crippen LogP contribution in [0.4, 0.5) is 0 Å². The lowest BCUT2D eigenvalue weighted by Gasteiger charge is -2.19. The summed E-state index contributed by atoms with van der Waals surface area (Å²) in [6, 6.07) is 0. The Labute approximate surface area is 334 Å². The maximum Gasteiger partial charge on any atom is 0.472 e. The van der Waals surface area contributed by atoms with Gasteiger partial charge >= 0.3 is 19.8 Å². The van der Waals surface area contributed by atoms with Crippen molar-refractivity contribution in [3.05, 3.63) is 97.2 Å². The lowest BCUT2D eigenvalue weighted by atomic mass is 10.1. The standard InChI is InChI=1S/C45H74NO8P/c1-3-5-7-9-11-13-15-17-19-21-23-25-27-29-31-33-35-37-44(47)51-41-43(42-53-55(49,50)52-40-39-46)54-45(48)38-36-34-32-30-28-26-24-22-20-18-16-14-12-10-8-6-4-2/h5,7,11-14,17-20,23-26,29,31,43H,3-4,6,8-10,15-16,21-22,27-28,30,32-42,46H2,1-2H3,(H,49,50)/b7-5+,13-11+,14-12+,19-17+,20-18+,25-23+,26-24+,31-29+/t43-/m1/s1. The van der Waals surface area contributed by atoms with Crippen LogP contribution in [0.25, 0.3) is 0 Å². The number of hydrogen-bond donors (Lipinski definition) is 2. The number of rotatable bonds is 37. The zero-order valence-electron chi connectivity index (χ0n) is 34.1. The van der Waals surface area contributed by atoms with Gasteiger partial charge in [-0.25, -0.2) is 4.57 Å². The molecular formula is C45H74NO8P. The van der Waals surface area contributed by atoms with Gasteiger partial charge in [0.05, 0.1) is 13.2 Å². The van der Waals surface area contributed by atoms with E-state index in [1.54, 1.807) is 0 Å². The number of allylic oxidation sites excluding steroid dienone is 16. The fraction of sp³-hybridized carbons (Fsp3) is 0.600. The Kier molecular flexibility index (Phi) is 38.3. The molecule has 0 fully saturated rings. The van der Waals surface area contributed by atoms with Gasteiger partial charge < -0.3 is 20.1 Å². The van der Waals surface area contributed by atoms with Gasteiger partial charge in [0.25, 0.3) is 0 Å². The predicted octanol–water partition coefficient (Wildman–Crippen LogP) is 11.8. The Morgan fingerprint density at radius 1 is 0.564 bits per heavy atom. The first kappa shape index (κ1) is 51.9. The first-order chi connectivity index (χ1) is 26.8. The van der Waals surface area contributed by atoms with Gasteiger partial charge in [0.1, 0.15) is 6.61 Å². The highest BCUT2D eigenvalue weighted by molar-refractivity contribution is 7.47. The van der Waals surface area contributed by atoms with E-state index < -0.39 is 32.5 Å². The van der Waals surface area contributed by atoms with Crippen LogP contribution in [0.5, 0.6) is 0 Å². The fourth-order valence-corrected chi connectivity index (χ4v) is 5.67. The first-order valence-electron chi connectivity index (χ1n) is 20.7. The number of carbonyl (C=O) groups is 2. The normalized spacial score (nSPS) is 14.3. The molecular weight excluding hydrogens is 713 g/mol. The van der Waals surface area contributed by atoms with Crippen molar-refractivity contribution in [3.63, 3.8) is 0 Å². The first-order valence-corrected chi connectivity index (χ1v) is 22.2. The van der Waals surface area contributed by atoms with E-state index in [-0.39, 0.29) is 32.6 Å². The topological polar surface area (TPSA) is 134 Å². The quantitative estimate of drug-likeness (QED) is 0.0273. The minimum atomic E-state index is -4.40. The predicted molar refractivity (Wildman–Crippen MR) is 228 cm³/mol. The minimum absolute atomic E-state index is 0.0363. The minimum Gasteiger partial charge on any atom is -0.462 e. The van der Waals surface area contributed by atoms with Crippen molar-refractivity contribution in [3.8, 4) is 0 Å². The van der Waals surface area contributed by atoms with E-state index in [9.17, 15) is 19.0 Å². The van der Waals surface area contributed by atoms with Gasteiger partial charge in [-0.1, -0.05) is 137 Å². The molecule has 0 aromatic heterocycles. The van der Waals surface area contributed by atoms with E-state index in [1.807, 2.05) is 6.08 Å². The third kappa shape index (κ3) is 40.4. The zero-order chi connectivity index (χ0) is 40.3. The van der Waals surface area contributed by atoms with Gasteiger partial charge in [-0.05, 0) is 89.9 Å². The molecule has 0 heterocycles. The molecule has 10 heteroatoms. The Bertz CT molecular complexity index is 1220. The molecule has 0 spiro atoms. The molecule has 0 aliphatic carbocycles. The molecule has 312 valence electrons. The number of ether oxygens (including phenoxy) is 2. The smallest absolute Gasteiger partial charge is 0.462 e. The van der Waals surface area contributed by atoms with Gasteiger partial charge in [0, 0.05) is 19.4 Å². The van der Waals surface area contributed by atoms with Crippen molar-refractivity contribution >= 4 is 19.8 Å². The van der Waals surface area contributed by atoms with Crippen LogP contribution in [0.3, 0.4) is 0 Å². The van der Waals surface area contributed by atoms with Crippen LogP contribution in [-0.4, -0.2) is 49.3 Å². The Morgan fingerprint density at radius 2 is 1.02 bits per heavy atom. The largest absolute Gasteiger partial charge is 0.472 e. The molecule has 3 N–H and O–H groups in total.